The van der Waals surface area contributed by atoms with Crippen molar-refractivity contribution in [2.24, 2.45) is 0 Å². The van der Waals surface area contributed by atoms with E-state index in [1.165, 1.54) is 15.6 Å². The number of aryl methyl sites for hydroxylation is 4. The predicted octanol–water partition coefficient (Wildman–Crippen LogP) is 11.4. The molecule has 0 saturated carbocycles. The minimum atomic E-state index is -3.31. The number of benzene rings is 8. The van der Waals surface area contributed by atoms with Gasteiger partial charge in [0.2, 0.25) is 5.69 Å². The van der Waals surface area contributed by atoms with Crippen molar-refractivity contribution in [1.29, 1.82) is 5.26 Å². The minimum Gasteiger partial charge on any atom is -0.237 e. The summed E-state index contributed by atoms with van der Waals surface area (Å²) in [7, 11) is -3.31. The van der Waals surface area contributed by atoms with Crippen LogP contribution in [0.2, 0.25) is 0 Å². The molecule has 3 heteroatoms. The first-order chi connectivity index (χ1) is 27.9. The van der Waals surface area contributed by atoms with Crippen LogP contribution in [0, 0.1) is 45.6 Å². The van der Waals surface area contributed by atoms with Gasteiger partial charge < -0.3 is 0 Å². The van der Waals surface area contributed by atoms with Crippen LogP contribution in [0.25, 0.3) is 49.4 Å². The molecule has 272 valence electrons. The van der Waals surface area contributed by atoms with Crippen LogP contribution in [0.15, 0.2) is 182 Å². The molecule has 8 aromatic carbocycles. The fourth-order valence-corrected chi connectivity index (χ4v) is 13.5. The van der Waals surface area contributed by atoms with E-state index in [1.54, 1.807) is 0 Å². The molecular weight excluding hydrogens is 705 g/mol. The van der Waals surface area contributed by atoms with Gasteiger partial charge in [0.1, 0.15) is 6.07 Å². The Balaban J connectivity index is 1.63. The molecule has 0 radical (unpaired) electrons. The predicted molar refractivity (Wildman–Crippen MR) is 242 cm³/mol. The lowest BCUT2D eigenvalue weighted by atomic mass is 9.89. The highest BCUT2D eigenvalue weighted by Gasteiger charge is 2.43. The smallest absolute Gasteiger partial charge is 0.202 e. The van der Waals surface area contributed by atoms with Crippen LogP contribution in [-0.4, -0.2) is 8.07 Å². The minimum absolute atomic E-state index is 0.646. The third kappa shape index (κ3) is 6.49. The SMILES string of the molecule is [C-]#[N+]c1c(-c2ccccc2C)cc([Si](c2ccccc2)(c2ccccc2)c2cc(-c3ccccc3C)c(C#N)c(-c3ccccc3C)c2)cc1-c1ccccc1C. The van der Waals surface area contributed by atoms with Crippen molar-refractivity contribution in [3.05, 3.63) is 221 Å². The second-order valence-electron chi connectivity index (χ2n) is 14.8. The van der Waals surface area contributed by atoms with Gasteiger partial charge in [-0.05, 0) is 104 Å². The van der Waals surface area contributed by atoms with Gasteiger partial charge in [0.05, 0.1) is 12.1 Å². The van der Waals surface area contributed by atoms with E-state index in [4.69, 9.17) is 6.57 Å². The van der Waals surface area contributed by atoms with Crippen molar-refractivity contribution in [3.8, 4) is 50.6 Å². The van der Waals surface area contributed by atoms with Crippen molar-refractivity contribution in [3.63, 3.8) is 0 Å². The van der Waals surface area contributed by atoms with Crippen LogP contribution in [0.1, 0.15) is 27.8 Å². The number of hydrogen-bond donors (Lipinski definition) is 0. The third-order valence-corrected chi connectivity index (χ3v) is 16.2. The van der Waals surface area contributed by atoms with Crippen LogP contribution < -0.4 is 20.7 Å². The van der Waals surface area contributed by atoms with E-state index in [1.807, 2.05) is 0 Å². The Morgan fingerprint density at radius 1 is 0.386 bits per heavy atom. The quantitative estimate of drug-likeness (QED) is 0.0864. The molecule has 57 heavy (non-hydrogen) atoms. The van der Waals surface area contributed by atoms with Crippen molar-refractivity contribution in [2.75, 3.05) is 0 Å². The van der Waals surface area contributed by atoms with Gasteiger partial charge >= 0.3 is 0 Å². The topological polar surface area (TPSA) is 28.1 Å². The molecule has 0 aliphatic heterocycles. The summed E-state index contributed by atoms with van der Waals surface area (Å²) >= 11 is 0. The lowest BCUT2D eigenvalue weighted by Gasteiger charge is -2.36. The molecule has 8 rings (SSSR count). The molecule has 0 unspecified atom stereocenters. The van der Waals surface area contributed by atoms with Gasteiger partial charge in [0.25, 0.3) is 0 Å². The summed E-state index contributed by atoms with van der Waals surface area (Å²) in [6, 6.07) is 67.4. The highest BCUT2D eigenvalue weighted by molar-refractivity contribution is 7.20. The maximum atomic E-state index is 11.1. The molecule has 0 aliphatic rings. The monoisotopic (exact) mass is 746 g/mol. The first-order valence-electron chi connectivity index (χ1n) is 19.4. The van der Waals surface area contributed by atoms with Crippen molar-refractivity contribution in [1.82, 2.24) is 0 Å². The van der Waals surface area contributed by atoms with Crippen LogP contribution in [0.5, 0.6) is 0 Å². The van der Waals surface area contributed by atoms with Crippen LogP contribution in [0.3, 0.4) is 0 Å². The summed E-state index contributed by atoms with van der Waals surface area (Å²) in [5.41, 5.74) is 13.6. The zero-order valence-electron chi connectivity index (χ0n) is 32.7. The number of nitriles is 1. The Labute approximate surface area is 337 Å². The van der Waals surface area contributed by atoms with Gasteiger partial charge in [-0.2, -0.15) is 5.26 Å². The first kappa shape index (κ1) is 36.9. The standard InChI is InChI=1S/C54H42N2Si/c1-37-20-12-16-28-45(37)49-32-43(33-50(53(49)36-55)46-29-17-13-21-38(46)2)57(41-24-8-6-9-25-41,42-26-10-7-11-27-42)44-34-51(47-30-18-14-22-39(47)3)54(56-5)52(35-44)48-31-19-15-23-40(48)4/h6-35H,1-4H3. The van der Waals surface area contributed by atoms with Crippen molar-refractivity contribution in [2.45, 2.75) is 27.7 Å². The Hall–Kier alpha value is -7.04. The normalized spacial score (nSPS) is 11.1. The average molecular weight is 747 g/mol. The van der Waals surface area contributed by atoms with Gasteiger partial charge in [-0.3, -0.25) is 0 Å². The lowest BCUT2D eigenvalue weighted by molar-refractivity contribution is 1.41. The molecular formula is C54H42N2Si. The molecule has 0 fully saturated rings. The Morgan fingerprint density at radius 3 is 1.00 bits per heavy atom. The van der Waals surface area contributed by atoms with Gasteiger partial charge in [-0.25, -0.2) is 4.85 Å². The zero-order chi connectivity index (χ0) is 39.5. The van der Waals surface area contributed by atoms with E-state index in [0.29, 0.717) is 11.3 Å². The number of rotatable bonds is 8. The summed E-state index contributed by atoms with van der Waals surface area (Å²) in [5, 5.41) is 15.9. The molecule has 0 N–H and O–H groups in total. The average Bonchev–Trinajstić information content (AvgIpc) is 3.25. The van der Waals surface area contributed by atoms with Gasteiger partial charge in [0.15, 0.2) is 8.07 Å². The summed E-state index contributed by atoms with van der Waals surface area (Å²) < 4.78 is 0. The molecule has 0 aromatic heterocycles. The van der Waals surface area contributed by atoms with Gasteiger partial charge in [-0.1, -0.05) is 182 Å². The summed E-state index contributed by atoms with van der Waals surface area (Å²) in [5.74, 6) is 0. The van der Waals surface area contributed by atoms with E-state index in [2.05, 4.69) is 221 Å². The van der Waals surface area contributed by atoms with Crippen LogP contribution in [-0.2, 0) is 0 Å². The first-order valence-corrected chi connectivity index (χ1v) is 21.4. The van der Waals surface area contributed by atoms with Crippen molar-refractivity contribution < 1.29 is 0 Å². The Kier molecular flexibility index (Phi) is 10.1. The molecule has 0 saturated heterocycles. The van der Waals surface area contributed by atoms with Crippen molar-refractivity contribution >= 4 is 34.5 Å². The molecule has 0 heterocycles. The number of nitrogens with zero attached hydrogens (tertiary/aromatic N) is 2. The third-order valence-electron chi connectivity index (χ3n) is 11.5. The van der Waals surface area contributed by atoms with E-state index >= 15 is 0 Å². The van der Waals surface area contributed by atoms with E-state index < -0.39 is 8.07 Å². The Bertz CT molecular complexity index is 2530. The zero-order valence-corrected chi connectivity index (χ0v) is 33.7. The fourth-order valence-electron chi connectivity index (χ4n) is 8.66. The second kappa shape index (κ2) is 15.6. The Morgan fingerprint density at radius 2 is 0.684 bits per heavy atom. The highest BCUT2D eigenvalue weighted by atomic mass is 28.3. The van der Waals surface area contributed by atoms with Crippen LogP contribution >= 0.6 is 0 Å². The lowest BCUT2D eigenvalue weighted by Crippen LogP contribution is -2.74. The largest absolute Gasteiger partial charge is 0.237 e. The molecule has 0 amide bonds. The number of hydrogen-bond acceptors (Lipinski definition) is 1. The molecule has 0 aliphatic carbocycles. The van der Waals surface area contributed by atoms with E-state index in [-0.39, 0.29) is 0 Å². The molecule has 8 aromatic rings. The van der Waals surface area contributed by atoms with E-state index in [9.17, 15) is 5.26 Å². The molecule has 0 spiro atoms. The maximum Gasteiger partial charge on any atom is 0.202 e. The molecule has 0 bridgehead atoms. The van der Waals surface area contributed by atoms with E-state index in [0.717, 1.165) is 71.9 Å². The summed E-state index contributed by atoms with van der Waals surface area (Å²) in [6.45, 7) is 17.2. The summed E-state index contributed by atoms with van der Waals surface area (Å²) in [6.07, 6.45) is 0. The summed E-state index contributed by atoms with van der Waals surface area (Å²) in [4.78, 5) is 4.33. The van der Waals surface area contributed by atoms with Crippen LogP contribution in [0.4, 0.5) is 5.69 Å². The fraction of sp³-hybridized carbons (Fsp3) is 0.0741. The molecule has 2 nitrogen and oxygen atoms in total. The van der Waals surface area contributed by atoms with Gasteiger partial charge in [-0.15, -0.1) is 0 Å². The maximum absolute atomic E-state index is 11.1. The molecule has 0 atom stereocenters. The second-order valence-corrected chi connectivity index (χ2v) is 18.6. The highest BCUT2D eigenvalue weighted by Crippen LogP contribution is 2.42. The van der Waals surface area contributed by atoms with Gasteiger partial charge in [0, 0.05) is 11.1 Å².